The van der Waals surface area contributed by atoms with Crippen molar-refractivity contribution in [1.29, 1.82) is 0 Å². The molecule has 0 radical (unpaired) electrons. The van der Waals surface area contributed by atoms with E-state index in [-0.39, 0.29) is 11.7 Å². The average Bonchev–Trinajstić information content (AvgIpc) is 2.88. The summed E-state index contributed by atoms with van der Waals surface area (Å²) in [5.74, 6) is 2.09. The van der Waals surface area contributed by atoms with Gasteiger partial charge in [0, 0.05) is 50.3 Å². The highest BCUT2D eigenvalue weighted by atomic mass is 32.2. The Hall–Kier alpha value is -3.46. The maximum absolute atomic E-state index is 12.6. The standard InChI is InChI=1S/C24H27N5O3S/c1-31-19-8-9-21(32-2)20(16-19)27-22(30)17-33-24-23(25-10-11-26-24)29-14-12-28(13-15-29)18-6-4-3-5-7-18/h3-11,16H,12-15,17H2,1-2H3,(H,27,30). The van der Waals surface area contributed by atoms with Gasteiger partial charge in [-0.2, -0.15) is 0 Å². The van der Waals surface area contributed by atoms with Crippen molar-refractivity contribution in [3.63, 3.8) is 0 Å². The molecular weight excluding hydrogens is 438 g/mol. The van der Waals surface area contributed by atoms with E-state index in [1.807, 2.05) is 6.07 Å². The minimum Gasteiger partial charge on any atom is -0.497 e. The first-order valence-electron chi connectivity index (χ1n) is 10.7. The van der Waals surface area contributed by atoms with Gasteiger partial charge in [-0.05, 0) is 24.3 Å². The van der Waals surface area contributed by atoms with Gasteiger partial charge >= 0.3 is 0 Å². The third kappa shape index (κ3) is 5.67. The van der Waals surface area contributed by atoms with Gasteiger partial charge in [0.1, 0.15) is 16.5 Å². The van der Waals surface area contributed by atoms with E-state index in [1.165, 1.54) is 17.4 Å². The summed E-state index contributed by atoms with van der Waals surface area (Å²) in [5.41, 5.74) is 1.80. The van der Waals surface area contributed by atoms with Crippen LogP contribution in [0.5, 0.6) is 11.5 Å². The topological polar surface area (TPSA) is 79.8 Å². The molecule has 0 atom stereocenters. The Morgan fingerprint density at radius 1 is 0.970 bits per heavy atom. The highest BCUT2D eigenvalue weighted by Crippen LogP contribution is 2.30. The fourth-order valence-corrected chi connectivity index (χ4v) is 4.47. The maximum atomic E-state index is 12.6. The second-order valence-electron chi connectivity index (χ2n) is 7.40. The van der Waals surface area contributed by atoms with E-state index < -0.39 is 0 Å². The number of hydrogen-bond acceptors (Lipinski definition) is 8. The fourth-order valence-electron chi connectivity index (χ4n) is 3.68. The molecule has 8 nitrogen and oxygen atoms in total. The number of ether oxygens (including phenoxy) is 2. The maximum Gasteiger partial charge on any atom is 0.234 e. The van der Waals surface area contributed by atoms with Crippen molar-refractivity contribution < 1.29 is 14.3 Å². The van der Waals surface area contributed by atoms with E-state index in [4.69, 9.17) is 9.47 Å². The van der Waals surface area contributed by atoms with Gasteiger partial charge in [-0.25, -0.2) is 9.97 Å². The van der Waals surface area contributed by atoms with Crippen LogP contribution in [0.2, 0.25) is 0 Å². The van der Waals surface area contributed by atoms with Crippen molar-refractivity contribution in [1.82, 2.24) is 9.97 Å². The third-order valence-electron chi connectivity index (χ3n) is 5.37. The van der Waals surface area contributed by atoms with Crippen molar-refractivity contribution in [3.05, 3.63) is 60.9 Å². The number of hydrogen-bond donors (Lipinski definition) is 1. The number of carbonyl (C=O) groups is 1. The van der Waals surface area contributed by atoms with Crippen LogP contribution in [0.15, 0.2) is 66.0 Å². The number of piperazine rings is 1. The molecule has 2 heterocycles. The fraction of sp³-hybridized carbons (Fsp3) is 0.292. The van der Waals surface area contributed by atoms with Crippen molar-refractivity contribution >= 4 is 34.9 Å². The van der Waals surface area contributed by atoms with Crippen LogP contribution >= 0.6 is 11.8 Å². The van der Waals surface area contributed by atoms with Crippen molar-refractivity contribution in [2.24, 2.45) is 0 Å². The molecule has 1 fully saturated rings. The predicted molar refractivity (Wildman–Crippen MR) is 132 cm³/mol. The molecule has 172 valence electrons. The van der Waals surface area contributed by atoms with Gasteiger partial charge in [-0.15, -0.1) is 0 Å². The summed E-state index contributed by atoms with van der Waals surface area (Å²) in [6.07, 6.45) is 3.36. The van der Waals surface area contributed by atoms with Crippen molar-refractivity contribution in [2.75, 3.05) is 61.3 Å². The van der Waals surface area contributed by atoms with Crippen LogP contribution in [0.1, 0.15) is 0 Å². The molecule has 1 saturated heterocycles. The zero-order chi connectivity index (χ0) is 23.0. The summed E-state index contributed by atoms with van der Waals surface area (Å²) in [7, 11) is 3.15. The first-order valence-corrected chi connectivity index (χ1v) is 11.7. The molecule has 9 heteroatoms. The second kappa shape index (κ2) is 10.9. The van der Waals surface area contributed by atoms with Crippen LogP contribution in [0.25, 0.3) is 0 Å². The van der Waals surface area contributed by atoms with Gasteiger partial charge in [0.15, 0.2) is 5.82 Å². The van der Waals surface area contributed by atoms with E-state index in [0.29, 0.717) is 17.2 Å². The Morgan fingerprint density at radius 2 is 1.70 bits per heavy atom. The number of nitrogens with zero attached hydrogens (tertiary/aromatic N) is 4. The van der Waals surface area contributed by atoms with Crippen LogP contribution in [0.4, 0.5) is 17.2 Å². The molecule has 0 aliphatic carbocycles. The first kappa shape index (κ1) is 22.7. The number of benzene rings is 2. The minimum absolute atomic E-state index is 0.156. The molecule has 1 N–H and O–H groups in total. The quantitative estimate of drug-likeness (QED) is 0.506. The van der Waals surface area contributed by atoms with Crippen LogP contribution in [0, 0.1) is 0 Å². The summed E-state index contributed by atoms with van der Waals surface area (Å²) >= 11 is 1.38. The Labute approximate surface area is 197 Å². The summed E-state index contributed by atoms with van der Waals surface area (Å²) in [6, 6.07) is 15.7. The summed E-state index contributed by atoms with van der Waals surface area (Å²) in [5, 5.41) is 3.64. The Kier molecular flexibility index (Phi) is 7.51. The summed E-state index contributed by atoms with van der Waals surface area (Å²) in [4.78, 5) is 26.3. The molecule has 1 aromatic heterocycles. The van der Waals surface area contributed by atoms with Gasteiger partial charge in [0.05, 0.1) is 25.7 Å². The lowest BCUT2D eigenvalue weighted by Gasteiger charge is -2.37. The number of amides is 1. The van der Waals surface area contributed by atoms with Gasteiger partial charge in [0.25, 0.3) is 0 Å². The predicted octanol–water partition coefficient (Wildman–Crippen LogP) is 3.55. The zero-order valence-corrected chi connectivity index (χ0v) is 19.5. The first-order chi connectivity index (χ1) is 16.2. The van der Waals surface area contributed by atoms with E-state index in [2.05, 4.69) is 49.4 Å². The van der Waals surface area contributed by atoms with E-state index in [0.717, 1.165) is 37.0 Å². The highest BCUT2D eigenvalue weighted by Gasteiger charge is 2.22. The number of nitrogens with one attached hydrogen (secondary N) is 1. The number of methoxy groups -OCH3 is 2. The number of para-hydroxylation sites is 1. The Morgan fingerprint density at radius 3 is 2.42 bits per heavy atom. The molecule has 0 unspecified atom stereocenters. The van der Waals surface area contributed by atoms with Gasteiger partial charge in [-0.1, -0.05) is 30.0 Å². The number of thioether (sulfide) groups is 1. The van der Waals surface area contributed by atoms with Crippen LogP contribution in [0.3, 0.4) is 0 Å². The van der Waals surface area contributed by atoms with Crippen molar-refractivity contribution in [2.45, 2.75) is 5.03 Å². The molecule has 33 heavy (non-hydrogen) atoms. The monoisotopic (exact) mass is 465 g/mol. The number of aromatic nitrogens is 2. The largest absolute Gasteiger partial charge is 0.497 e. The molecule has 4 rings (SSSR count). The lowest BCUT2D eigenvalue weighted by atomic mass is 10.2. The van der Waals surface area contributed by atoms with Crippen molar-refractivity contribution in [3.8, 4) is 11.5 Å². The van der Waals surface area contributed by atoms with Crippen LogP contribution in [-0.4, -0.2) is 62.0 Å². The van der Waals surface area contributed by atoms with Gasteiger partial charge in [0.2, 0.25) is 5.91 Å². The van der Waals surface area contributed by atoms with E-state index in [1.54, 1.807) is 44.8 Å². The SMILES string of the molecule is COc1ccc(OC)c(NC(=O)CSc2nccnc2N2CCN(c3ccccc3)CC2)c1. The number of anilines is 3. The normalized spacial score (nSPS) is 13.5. The lowest BCUT2D eigenvalue weighted by molar-refractivity contribution is -0.113. The molecule has 0 spiro atoms. The van der Waals surface area contributed by atoms with Gasteiger partial charge in [-0.3, -0.25) is 4.79 Å². The number of carbonyl (C=O) groups excluding carboxylic acids is 1. The third-order valence-corrected chi connectivity index (χ3v) is 6.34. The second-order valence-corrected chi connectivity index (χ2v) is 8.36. The molecule has 3 aromatic rings. The van der Waals surface area contributed by atoms with Crippen LogP contribution in [-0.2, 0) is 4.79 Å². The molecule has 2 aromatic carbocycles. The molecule has 0 bridgehead atoms. The summed E-state index contributed by atoms with van der Waals surface area (Å²) in [6.45, 7) is 3.49. The average molecular weight is 466 g/mol. The van der Waals surface area contributed by atoms with E-state index >= 15 is 0 Å². The molecule has 1 aliphatic heterocycles. The summed E-state index contributed by atoms with van der Waals surface area (Å²) < 4.78 is 10.6. The lowest BCUT2D eigenvalue weighted by Crippen LogP contribution is -2.47. The molecule has 0 saturated carbocycles. The zero-order valence-electron chi connectivity index (χ0n) is 18.7. The van der Waals surface area contributed by atoms with Crippen LogP contribution < -0.4 is 24.6 Å². The van der Waals surface area contributed by atoms with Gasteiger partial charge < -0.3 is 24.6 Å². The Bertz CT molecular complexity index is 1070. The molecule has 1 amide bonds. The minimum atomic E-state index is -0.156. The molecule has 1 aliphatic rings. The highest BCUT2D eigenvalue weighted by molar-refractivity contribution is 8.00. The smallest absolute Gasteiger partial charge is 0.234 e. The molecular formula is C24H27N5O3S. The van der Waals surface area contributed by atoms with E-state index in [9.17, 15) is 4.79 Å². The Balaban J connectivity index is 1.37. The number of rotatable bonds is 8.